The smallest absolute Gasteiger partial charge is 0.187 e. The lowest BCUT2D eigenvalue weighted by molar-refractivity contribution is -0.125. The van der Waals surface area contributed by atoms with E-state index in [1.54, 1.807) is 0 Å². The number of allylic oxidation sites excluding steroid dienone is 18. The highest BCUT2D eigenvalue weighted by Gasteiger charge is 2.36. The zero-order chi connectivity index (χ0) is 31.4. The van der Waals surface area contributed by atoms with Crippen LogP contribution in [-0.2, 0) is 4.79 Å². The van der Waals surface area contributed by atoms with E-state index in [-0.39, 0.29) is 11.2 Å². The molecule has 1 aromatic carbocycles. The first-order valence-corrected chi connectivity index (χ1v) is 14.8. The van der Waals surface area contributed by atoms with Crippen molar-refractivity contribution >= 4 is 11.9 Å². The van der Waals surface area contributed by atoms with Crippen LogP contribution in [0.25, 0.3) is 6.08 Å². The highest BCUT2D eigenvalue weighted by molar-refractivity contribution is 6.00. The Morgan fingerprint density at radius 3 is 1.71 bits per heavy atom. The van der Waals surface area contributed by atoms with Gasteiger partial charge < -0.3 is 5.11 Å². The third kappa shape index (κ3) is 10.6. The molecule has 2 nitrogen and oxygen atoms in total. The highest BCUT2D eigenvalue weighted by Crippen LogP contribution is 2.39. The maximum absolute atomic E-state index is 12.2. The van der Waals surface area contributed by atoms with Crippen LogP contribution in [0.3, 0.4) is 0 Å². The second kappa shape index (κ2) is 16.0. The summed E-state index contributed by atoms with van der Waals surface area (Å²) in [5, 5.41) is 10.0. The number of hydrogen-bond donors (Lipinski definition) is 1. The topological polar surface area (TPSA) is 37.3 Å². The Morgan fingerprint density at radius 2 is 1.17 bits per heavy atom. The van der Waals surface area contributed by atoms with Gasteiger partial charge in [0.15, 0.2) is 5.78 Å². The normalized spacial score (nSPS) is 19.7. The summed E-state index contributed by atoms with van der Waals surface area (Å²) in [7, 11) is 0. The fourth-order valence-electron chi connectivity index (χ4n) is 4.93. The van der Waals surface area contributed by atoms with E-state index in [1.165, 1.54) is 33.4 Å². The van der Waals surface area contributed by atoms with Gasteiger partial charge in [-0.1, -0.05) is 133 Å². The van der Waals surface area contributed by atoms with Crippen molar-refractivity contribution in [1.82, 2.24) is 0 Å². The third-order valence-electron chi connectivity index (χ3n) is 7.80. The van der Waals surface area contributed by atoms with Gasteiger partial charge >= 0.3 is 0 Å². The molecule has 42 heavy (non-hydrogen) atoms. The molecule has 0 bridgehead atoms. The van der Waals surface area contributed by atoms with Crippen molar-refractivity contribution in [3.8, 4) is 0 Å². The molecule has 0 amide bonds. The fraction of sp³-hybridized carbons (Fsp3) is 0.325. The summed E-state index contributed by atoms with van der Waals surface area (Å²) in [4.78, 5) is 12.2. The van der Waals surface area contributed by atoms with Crippen molar-refractivity contribution in [3.63, 3.8) is 0 Å². The molecule has 0 aliphatic heterocycles. The SMILES string of the molecule is CC(C=CC=C(C)C=CC1=C(C)C(=O)C(O)CC1(C)C)=CC=CC=C(C)C=CC=C(C)C=Cc1c(C)ccc(C)c1C. The summed E-state index contributed by atoms with van der Waals surface area (Å²) < 4.78 is 0. The monoisotopic (exact) mass is 562 g/mol. The van der Waals surface area contributed by atoms with Crippen molar-refractivity contribution in [1.29, 1.82) is 0 Å². The van der Waals surface area contributed by atoms with Gasteiger partial charge in [0.2, 0.25) is 0 Å². The molecule has 1 atom stereocenters. The first-order valence-electron chi connectivity index (χ1n) is 14.8. The van der Waals surface area contributed by atoms with Gasteiger partial charge in [0.05, 0.1) is 0 Å². The highest BCUT2D eigenvalue weighted by atomic mass is 16.3. The predicted octanol–water partition coefficient (Wildman–Crippen LogP) is 10.3. The molecule has 0 saturated carbocycles. The molecule has 0 radical (unpaired) electrons. The second-order valence-electron chi connectivity index (χ2n) is 12.2. The van der Waals surface area contributed by atoms with Crippen LogP contribution in [-0.4, -0.2) is 17.0 Å². The number of rotatable bonds is 10. The van der Waals surface area contributed by atoms with E-state index in [0.717, 1.165) is 16.7 Å². The van der Waals surface area contributed by atoms with E-state index in [1.807, 2.05) is 32.1 Å². The van der Waals surface area contributed by atoms with Crippen LogP contribution in [0.4, 0.5) is 0 Å². The maximum Gasteiger partial charge on any atom is 0.187 e. The van der Waals surface area contributed by atoms with E-state index in [2.05, 4.69) is 134 Å². The number of aliphatic hydroxyl groups is 1. The number of ketones is 1. The Kier molecular flexibility index (Phi) is 13.2. The zero-order valence-corrected chi connectivity index (χ0v) is 27.4. The van der Waals surface area contributed by atoms with Gasteiger partial charge in [0.25, 0.3) is 0 Å². The number of carbonyl (C=O) groups excluding carboxylic acids is 1. The quantitative estimate of drug-likeness (QED) is 0.288. The van der Waals surface area contributed by atoms with E-state index in [0.29, 0.717) is 12.0 Å². The number of aryl methyl sites for hydroxylation is 2. The molecule has 2 heteroatoms. The molecule has 1 N–H and O–H groups in total. The Hall–Kier alpha value is -3.75. The number of aliphatic hydroxyl groups excluding tert-OH is 1. The molecule has 222 valence electrons. The van der Waals surface area contributed by atoms with Gasteiger partial charge in [-0.2, -0.15) is 0 Å². The van der Waals surface area contributed by atoms with Crippen molar-refractivity contribution in [3.05, 3.63) is 147 Å². The van der Waals surface area contributed by atoms with Gasteiger partial charge in [0.1, 0.15) is 6.10 Å². The van der Waals surface area contributed by atoms with Crippen LogP contribution in [0.1, 0.15) is 77.1 Å². The Balaban J connectivity index is 1.93. The molecular weight excluding hydrogens is 512 g/mol. The molecule has 1 aromatic rings. The Bertz CT molecular complexity index is 1450. The molecular formula is C40H50O2. The minimum Gasteiger partial charge on any atom is -0.385 e. The molecule has 0 fully saturated rings. The van der Waals surface area contributed by atoms with Crippen LogP contribution in [0.5, 0.6) is 0 Å². The lowest BCUT2D eigenvalue weighted by atomic mass is 9.71. The third-order valence-corrected chi connectivity index (χ3v) is 7.80. The summed E-state index contributed by atoms with van der Waals surface area (Å²) >= 11 is 0. The van der Waals surface area contributed by atoms with E-state index in [4.69, 9.17) is 0 Å². The van der Waals surface area contributed by atoms with Gasteiger partial charge in [-0.05, 0) is 101 Å². The molecule has 1 unspecified atom stereocenters. The summed E-state index contributed by atoms with van der Waals surface area (Å²) in [6.07, 6.45) is 28.8. The van der Waals surface area contributed by atoms with Crippen molar-refractivity contribution in [2.24, 2.45) is 5.41 Å². The molecule has 2 rings (SSSR count). The summed E-state index contributed by atoms with van der Waals surface area (Å²) in [5.74, 6) is -0.163. The number of hydrogen-bond acceptors (Lipinski definition) is 2. The summed E-state index contributed by atoms with van der Waals surface area (Å²) in [5.41, 5.74) is 11.3. The largest absolute Gasteiger partial charge is 0.385 e. The lowest BCUT2D eigenvalue weighted by Crippen LogP contribution is -2.35. The minimum absolute atomic E-state index is 0.163. The first kappa shape index (κ1) is 34.5. The van der Waals surface area contributed by atoms with Crippen LogP contribution in [0.2, 0.25) is 0 Å². The minimum atomic E-state index is -0.894. The van der Waals surface area contributed by atoms with Gasteiger partial charge in [-0.25, -0.2) is 0 Å². The standard InChI is InChI=1S/C40H50O2/c1-28(17-13-19-30(3)21-25-36-33(6)24-23-32(5)34(36)7)15-11-12-16-29(2)18-14-20-31(4)22-26-37-35(8)39(42)38(41)27-40(37,9)10/h11-26,38,41H,27H2,1-10H3. The molecule has 0 spiro atoms. The number of Topliss-reactive ketones (excluding diaryl/α,β-unsaturated/α-hetero) is 1. The average Bonchev–Trinajstić information content (AvgIpc) is 2.91. The lowest BCUT2D eigenvalue weighted by Gasteiger charge is -2.34. The van der Waals surface area contributed by atoms with Crippen LogP contribution >= 0.6 is 0 Å². The van der Waals surface area contributed by atoms with Crippen molar-refractivity contribution in [2.75, 3.05) is 0 Å². The first-order chi connectivity index (χ1) is 19.7. The Morgan fingerprint density at radius 1 is 0.714 bits per heavy atom. The predicted molar refractivity (Wildman–Crippen MR) is 183 cm³/mol. The molecule has 1 aliphatic carbocycles. The van der Waals surface area contributed by atoms with Crippen molar-refractivity contribution < 1.29 is 9.90 Å². The van der Waals surface area contributed by atoms with Crippen LogP contribution in [0.15, 0.2) is 125 Å². The molecule has 0 saturated heterocycles. The summed E-state index contributed by atoms with van der Waals surface area (Å²) in [6, 6.07) is 4.37. The van der Waals surface area contributed by atoms with Gasteiger partial charge in [-0.3, -0.25) is 4.79 Å². The molecule has 0 aromatic heterocycles. The van der Waals surface area contributed by atoms with Crippen LogP contribution in [0, 0.1) is 26.2 Å². The van der Waals surface area contributed by atoms with E-state index < -0.39 is 6.10 Å². The average molecular weight is 563 g/mol. The summed E-state index contributed by atoms with van der Waals surface area (Å²) in [6.45, 7) is 20.8. The van der Waals surface area contributed by atoms with E-state index >= 15 is 0 Å². The molecule has 0 heterocycles. The maximum atomic E-state index is 12.2. The Labute approximate surface area is 255 Å². The van der Waals surface area contributed by atoms with Crippen molar-refractivity contribution in [2.45, 2.75) is 81.8 Å². The van der Waals surface area contributed by atoms with Gasteiger partial charge in [-0.15, -0.1) is 0 Å². The fourth-order valence-corrected chi connectivity index (χ4v) is 4.93. The molecule has 1 aliphatic rings. The number of carbonyl (C=O) groups is 1. The van der Waals surface area contributed by atoms with Crippen LogP contribution < -0.4 is 0 Å². The zero-order valence-electron chi connectivity index (χ0n) is 27.4. The van der Waals surface area contributed by atoms with Gasteiger partial charge in [0, 0.05) is 0 Å². The second-order valence-corrected chi connectivity index (χ2v) is 12.2. The number of benzene rings is 1. The van der Waals surface area contributed by atoms with E-state index in [9.17, 15) is 9.90 Å².